The molecule has 0 saturated carbocycles. The molecule has 0 spiro atoms. The summed E-state index contributed by atoms with van der Waals surface area (Å²) >= 11 is 1.35. The van der Waals surface area contributed by atoms with Crippen LogP contribution in [0.4, 0.5) is 22.7 Å². The van der Waals surface area contributed by atoms with E-state index in [1.54, 1.807) is 13.2 Å². The standard InChI is InChI=1S/C16H19F4N5S/c1-21-15-24-7-12(26-15)9-25-8-10(2-3-13(25)16(18,19)20)4-14-22-5-11(17)6-23-14/h5-7,10,13H,2-4,8-9H2,1H3,(H,21,24). The highest BCUT2D eigenvalue weighted by atomic mass is 32.1. The van der Waals surface area contributed by atoms with Gasteiger partial charge in [0.1, 0.15) is 11.9 Å². The van der Waals surface area contributed by atoms with E-state index in [4.69, 9.17) is 0 Å². The van der Waals surface area contributed by atoms with Crippen LogP contribution in [0.2, 0.25) is 0 Å². The zero-order valence-corrected chi connectivity index (χ0v) is 14.9. The fourth-order valence-corrected chi connectivity index (χ4v) is 4.03. The third kappa shape index (κ3) is 4.67. The first-order chi connectivity index (χ1) is 12.3. The number of piperidine rings is 1. The van der Waals surface area contributed by atoms with Crippen LogP contribution in [0.3, 0.4) is 0 Å². The van der Waals surface area contributed by atoms with Crippen molar-refractivity contribution in [3.63, 3.8) is 0 Å². The lowest BCUT2D eigenvalue weighted by Gasteiger charge is -2.40. The fraction of sp³-hybridized carbons (Fsp3) is 0.562. The van der Waals surface area contributed by atoms with Gasteiger partial charge in [0.2, 0.25) is 0 Å². The van der Waals surface area contributed by atoms with Gasteiger partial charge in [0.25, 0.3) is 0 Å². The van der Waals surface area contributed by atoms with Gasteiger partial charge in [-0.3, -0.25) is 4.90 Å². The van der Waals surface area contributed by atoms with Crippen LogP contribution in [-0.4, -0.2) is 45.7 Å². The molecule has 1 aliphatic heterocycles. The number of likely N-dealkylation sites (tertiary alicyclic amines) is 1. The van der Waals surface area contributed by atoms with Crippen LogP contribution in [0.5, 0.6) is 0 Å². The molecule has 3 rings (SSSR count). The minimum absolute atomic E-state index is 0.00393. The van der Waals surface area contributed by atoms with Crippen LogP contribution in [0.1, 0.15) is 23.5 Å². The third-order valence-corrected chi connectivity index (χ3v) is 5.43. The van der Waals surface area contributed by atoms with E-state index in [1.165, 1.54) is 16.2 Å². The number of hydrogen-bond donors (Lipinski definition) is 1. The van der Waals surface area contributed by atoms with Gasteiger partial charge in [-0.1, -0.05) is 0 Å². The topological polar surface area (TPSA) is 53.9 Å². The summed E-state index contributed by atoms with van der Waals surface area (Å²) in [5.41, 5.74) is 0. The van der Waals surface area contributed by atoms with E-state index in [-0.39, 0.29) is 25.4 Å². The molecule has 0 amide bonds. The number of nitrogens with zero attached hydrogens (tertiary/aromatic N) is 4. The van der Waals surface area contributed by atoms with Gasteiger partial charge in [0.05, 0.1) is 12.4 Å². The average Bonchev–Trinajstić information content (AvgIpc) is 3.04. The van der Waals surface area contributed by atoms with Crippen molar-refractivity contribution in [3.05, 3.63) is 35.1 Å². The first-order valence-electron chi connectivity index (χ1n) is 8.25. The van der Waals surface area contributed by atoms with Crippen molar-refractivity contribution in [1.82, 2.24) is 19.9 Å². The molecule has 5 nitrogen and oxygen atoms in total. The Labute approximate surface area is 152 Å². The highest BCUT2D eigenvalue weighted by Gasteiger charge is 2.46. The maximum absolute atomic E-state index is 13.4. The second kappa shape index (κ2) is 7.83. The highest BCUT2D eigenvalue weighted by Crippen LogP contribution is 2.36. The Morgan fingerprint density at radius 3 is 2.54 bits per heavy atom. The first-order valence-corrected chi connectivity index (χ1v) is 9.06. The van der Waals surface area contributed by atoms with Gasteiger partial charge in [0.15, 0.2) is 10.9 Å². The summed E-state index contributed by atoms with van der Waals surface area (Å²) in [4.78, 5) is 14.2. The minimum atomic E-state index is -4.27. The summed E-state index contributed by atoms with van der Waals surface area (Å²) in [6.45, 7) is 0.488. The number of rotatable bonds is 5. The molecule has 1 N–H and O–H groups in total. The lowest BCUT2D eigenvalue weighted by Crippen LogP contribution is -2.50. The number of anilines is 1. The molecule has 142 valence electrons. The Hall–Kier alpha value is -1.81. The second-order valence-corrected chi connectivity index (χ2v) is 7.45. The molecular weight excluding hydrogens is 370 g/mol. The molecule has 10 heteroatoms. The van der Waals surface area contributed by atoms with E-state index in [9.17, 15) is 17.6 Å². The molecule has 1 fully saturated rings. The molecule has 26 heavy (non-hydrogen) atoms. The number of thiazole rings is 1. The van der Waals surface area contributed by atoms with E-state index in [0.29, 0.717) is 23.8 Å². The van der Waals surface area contributed by atoms with E-state index < -0.39 is 18.0 Å². The Kier molecular flexibility index (Phi) is 5.71. The van der Waals surface area contributed by atoms with E-state index in [1.807, 2.05) is 0 Å². The Morgan fingerprint density at radius 2 is 1.92 bits per heavy atom. The third-order valence-electron chi connectivity index (χ3n) is 4.43. The molecular formula is C16H19F4N5S. The zero-order valence-electron chi connectivity index (χ0n) is 14.1. The second-order valence-electron chi connectivity index (χ2n) is 6.33. The van der Waals surface area contributed by atoms with Gasteiger partial charge in [-0.05, 0) is 18.8 Å². The van der Waals surface area contributed by atoms with Gasteiger partial charge in [0, 0.05) is 37.6 Å². The van der Waals surface area contributed by atoms with Gasteiger partial charge >= 0.3 is 6.18 Å². The smallest absolute Gasteiger partial charge is 0.365 e. The predicted octanol–water partition coefficient (Wildman–Crippen LogP) is 3.50. The normalized spacial score (nSPS) is 21.7. The van der Waals surface area contributed by atoms with Gasteiger partial charge in [-0.15, -0.1) is 11.3 Å². The molecule has 0 aliphatic carbocycles. The largest absolute Gasteiger partial charge is 0.404 e. The summed E-state index contributed by atoms with van der Waals surface area (Å²) in [6.07, 6.45) is 0.408. The number of aromatic nitrogens is 3. The van der Waals surface area contributed by atoms with Crippen molar-refractivity contribution in [2.24, 2.45) is 5.92 Å². The molecule has 2 aromatic heterocycles. The average molecular weight is 389 g/mol. The Morgan fingerprint density at radius 1 is 1.19 bits per heavy atom. The van der Waals surface area contributed by atoms with Crippen LogP contribution in [-0.2, 0) is 13.0 Å². The van der Waals surface area contributed by atoms with E-state index in [2.05, 4.69) is 20.3 Å². The Bertz CT molecular complexity index is 718. The number of hydrogen-bond acceptors (Lipinski definition) is 6. The summed E-state index contributed by atoms with van der Waals surface area (Å²) < 4.78 is 53.2. The van der Waals surface area contributed by atoms with E-state index >= 15 is 0 Å². The predicted molar refractivity (Wildman–Crippen MR) is 90.3 cm³/mol. The van der Waals surface area contributed by atoms with Crippen molar-refractivity contribution >= 4 is 16.5 Å². The molecule has 2 atom stereocenters. The van der Waals surface area contributed by atoms with Crippen LogP contribution >= 0.6 is 11.3 Å². The maximum Gasteiger partial charge on any atom is 0.404 e. The molecule has 1 aliphatic rings. The number of alkyl halides is 3. The van der Waals surface area contributed by atoms with Gasteiger partial charge in [-0.2, -0.15) is 13.2 Å². The van der Waals surface area contributed by atoms with Gasteiger partial charge < -0.3 is 5.32 Å². The van der Waals surface area contributed by atoms with Crippen molar-refractivity contribution in [3.8, 4) is 0 Å². The summed E-state index contributed by atoms with van der Waals surface area (Å²) in [5.74, 6) is -0.0745. The van der Waals surface area contributed by atoms with Crippen LogP contribution < -0.4 is 5.32 Å². The van der Waals surface area contributed by atoms with Crippen molar-refractivity contribution in [1.29, 1.82) is 0 Å². The zero-order chi connectivity index (χ0) is 18.7. The summed E-state index contributed by atoms with van der Waals surface area (Å²) in [7, 11) is 1.72. The number of nitrogens with one attached hydrogen (secondary N) is 1. The molecule has 2 unspecified atom stereocenters. The molecule has 0 bridgehead atoms. The minimum Gasteiger partial charge on any atom is -0.365 e. The maximum atomic E-state index is 13.4. The molecule has 3 heterocycles. The summed E-state index contributed by atoms with van der Waals surface area (Å²) in [6, 6.07) is -1.46. The molecule has 2 aromatic rings. The fourth-order valence-electron chi connectivity index (χ4n) is 3.24. The molecule has 0 aromatic carbocycles. The lowest BCUT2D eigenvalue weighted by atomic mass is 9.89. The first kappa shape index (κ1) is 19.0. The molecule has 1 saturated heterocycles. The molecule has 0 radical (unpaired) electrons. The Balaban J connectivity index is 1.71. The van der Waals surface area contributed by atoms with E-state index in [0.717, 1.165) is 17.3 Å². The van der Waals surface area contributed by atoms with Crippen LogP contribution in [0.15, 0.2) is 18.6 Å². The number of halogens is 4. The van der Waals surface area contributed by atoms with Crippen molar-refractivity contribution in [2.45, 2.75) is 38.0 Å². The van der Waals surface area contributed by atoms with Crippen molar-refractivity contribution < 1.29 is 17.6 Å². The highest BCUT2D eigenvalue weighted by molar-refractivity contribution is 7.15. The summed E-state index contributed by atoms with van der Waals surface area (Å²) in [5, 5.41) is 3.57. The van der Waals surface area contributed by atoms with Gasteiger partial charge in [-0.25, -0.2) is 19.3 Å². The monoisotopic (exact) mass is 389 g/mol. The van der Waals surface area contributed by atoms with Crippen LogP contribution in [0, 0.1) is 11.7 Å². The van der Waals surface area contributed by atoms with Crippen LogP contribution in [0.25, 0.3) is 0 Å². The SMILES string of the molecule is CNc1ncc(CN2CC(Cc3ncc(F)cn3)CCC2C(F)(F)F)s1. The quantitative estimate of drug-likeness (QED) is 0.794. The van der Waals surface area contributed by atoms with Crippen molar-refractivity contribution in [2.75, 3.05) is 18.9 Å². The lowest BCUT2D eigenvalue weighted by molar-refractivity contribution is -0.196.